The molecule has 0 aliphatic carbocycles. The Hall–Kier alpha value is -2.20. The SMILES string of the molecule is CCOc1ccc(NC(=O)c2sc3cc(F)ccc3c2Cl)cc1S(=O)(=O)N(C)C. The number of fused-ring (bicyclic) bond motifs is 1. The van der Waals surface area contributed by atoms with E-state index in [0.717, 1.165) is 15.6 Å². The Morgan fingerprint density at radius 1 is 1.24 bits per heavy atom. The van der Waals surface area contributed by atoms with Gasteiger partial charge in [-0.05, 0) is 43.3 Å². The lowest BCUT2D eigenvalue weighted by Crippen LogP contribution is -2.23. The molecule has 3 rings (SSSR count). The summed E-state index contributed by atoms with van der Waals surface area (Å²) in [5.74, 6) is -0.754. The fourth-order valence-electron chi connectivity index (χ4n) is 2.63. The number of anilines is 1. The van der Waals surface area contributed by atoms with Crippen LogP contribution in [0.2, 0.25) is 5.02 Å². The highest BCUT2D eigenvalue weighted by Crippen LogP contribution is 2.36. The number of thiophene rings is 1. The molecule has 0 saturated carbocycles. The molecule has 1 N–H and O–H groups in total. The predicted molar refractivity (Wildman–Crippen MR) is 113 cm³/mol. The normalized spacial score (nSPS) is 11.8. The van der Waals surface area contributed by atoms with E-state index >= 15 is 0 Å². The molecule has 1 aromatic heterocycles. The minimum atomic E-state index is -3.79. The molecule has 0 bridgehead atoms. The van der Waals surface area contributed by atoms with Crippen molar-refractivity contribution in [2.24, 2.45) is 0 Å². The summed E-state index contributed by atoms with van der Waals surface area (Å²) in [6.07, 6.45) is 0. The van der Waals surface area contributed by atoms with Gasteiger partial charge in [-0.25, -0.2) is 17.1 Å². The lowest BCUT2D eigenvalue weighted by Gasteiger charge is -2.16. The first kappa shape index (κ1) is 21.5. The second-order valence-corrected chi connectivity index (χ2v) is 9.77. The first-order chi connectivity index (χ1) is 13.6. The Morgan fingerprint density at radius 2 is 1.97 bits per heavy atom. The average Bonchev–Trinajstić information content (AvgIpc) is 2.98. The number of benzene rings is 2. The number of amides is 1. The smallest absolute Gasteiger partial charge is 0.267 e. The van der Waals surface area contributed by atoms with Crippen molar-refractivity contribution in [1.29, 1.82) is 0 Å². The number of sulfonamides is 1. The molecule has 10 heteroatoms. The summed E-state index contributed by atoms with van der Waals surface area (Å²) >= 11 is 7.34. The maximum absolute atomic E-state index is 13.4. The van der Waals surface area contributed by atoms with E-state index in [0.29, 0.717) is 10.1 Å². The Labute approximate surface area is 176 Å². The highest BCUT2D eigenvalue weighted by atomic mass is 35.5. The van der Waals surface area contributed by atoms with Gasteiger partial charge in [0.2, 0.25) is 10.0 Å². The summed E-state index contributed by atoms with van der Waals surface area (Å²) in [7, 11) is -0.976. The Balaban J connectivity index is 1.98. The molecule has 0 atom stereocenters. The molecule has 0 unspecified atom stereocenters. The minimum absolute atomic E-state index is 0.0633. The molecule has 2 aromatic carbocycles. The summed E-state index contributed by atoms with van der Waals surface area (Å²) in [4.78, 5) is 12.9. The van der Waals surface area contributed by atoms with Gasteiger partial charge in [-0.3, -0.25) is 4.79 Å². The highest BCUT2D eigenvalue weighted by molar-refractivity contribution is 7.89. The summed E-state index contributed by atoms with van der Waals surface area (Å²) in [5, 5.41) is 3.44. The van der Waals surface area contributed by atoms with Crippen LogP contribution in [0.5, 0.6) is 5.75 Å². The van der Waals surface area contributed by atoms with Gasteiger partial charge in [-0.2, -0.15) is 0 Å². The molecule has 1 heterocycles. The summed E-state index contributed by atoms with van der Waals surface area (Å²) in [5.41, 5.74) is 0.263. The van der Waals surface area contributed by atoms with Crippen molar-refractivity contribution in [3.05, 3.63) is 52.1 Å². The second-order valence-electron chi connectivity index (χ2n) is 6.22. The molecule has 0 spiro atoms. The van der Waals surface area contributed by atoms with Gasteiger partial charge in [0.15, 0.2) is 0 Å². The van der Waals surface area contributed by atoms with Gasteiger partial charge in [0.1, 0.15) is 21.3 Å². The number of carbonyl (C=O) groups excluding carboxylic acids is 1. The Kier molecular flexibility index (Phi) is 6.13. The quantitative estimate of drug-likeness (QED) is 0.588. The van der Waals surface area contributed by atoms with Crippen molar-refractivity contribution in [1.82, 2.24) is 4.31 Å². The van der Waals surface area contributed by atoms with Gasteiger partial charge in [0.05, 0.1) is 11.6 Å². The fraction of sp³-hybridized carbons (Fsp3) is 0.211. The first-order valence-electron chi connectivity index (χ1n) is 8.53. The van der Waals surface area contributed by atoms with Crippen LogP contribution in [0.1, 0.15) is 16.6 Å². The third kappa shape index (κ3) is 4.23. The molecule has 154 valence electrons. The van der Waals surface area contributed by atoms with Crippen LogP contribution in [0.15, 0.2) is 41.3 Å². The number of halogens is 2. The van der Waals surface area contributed by atoms with Crippen LogP contribution >= 0.6 is 22.9 Å². The van der Waals surface area contributed by atoms with Crippen molar-refractivity contribution in [3.8, 4) is 5.75 Å². The second kappa shape index (κ2) is 8.27. The summed E-state index contributed by atoms with van der Waals surface area (Å²) < 4.78 is 45.7. The van der Waals surface area contributed by atoms with Crippen LogP contribution < -0.4 is 10.1 Å². The van der Waals surface area contributed by atoms with Crippen molar-refractivity contribution < 1.29 is 22.3 Å². The molecule has 0 fully saturated rings. The largest absolute Gasteiger partial charge is 0.492 e. The maximum Gasteiger partial charge on any atom is 0.267 e. The van der Waals surface area contributed by atoms with E-state index in [1.807, 2.05) is 0 Å². The number of ether oxygens (including phenoxy) is 1. The van der Waals surface area contributed by atoms with Gasteiger partial charge < -0.3 is 10.1 Å². The molecule has 0 aliphatic heterocycles. The number of rotatable bonds is 6. The summed E-state index contributed by atoms with van der Waals surface area (Å²) in [6.45, 7) is 2.03. The first-order valence-corrected chi connectivity index (χ1v) is 11.2. The van der Waals surface area contributed by atoms with Crippen LogP contribution in [-0.2, 0) is 10.0 Å². The lowest BCUT2D eigenvalue weighted by molar-refractivity contribution is 0.103. The van der Waals surface area contributed by atoms with Crippen molar-refractivity contribution in [2.75, 3.05) is 26.0 Å². The monoisotopic (exact) mass is 456 g/mol. The van der Waals surface area contributed by atoms with Crippen LogP contribution in [0.3, 0.4) is 0 Å². The van der Waals surface area contributed by atoms with E-state index in [9.17, 15) is 17.6 Å². The van der Waals surface area contributed by atoms with Crippen molar-refractivity contribution in [2.45, 2.75) is 11.8 Å². The topological polar surface area (TPSA) is 75.7 Å². The van der Waals surface area contributed by atoms with Gasteiger partial charge in [0.25, 0.3) is 5.91 Å². The number of nitrogens with one attached hydrogen (secondary N) is 1. The number of hydrogen-bond acceptors (Lipinski definition) is 5. The molecule has 6 nitrogen and oxygen atoms in total. The third-order valence-electron chi connectivity index (χ3n) is 4.06. The zero-order valence-electron chi connectivity index (χ0n) is 15.8. The van der Waals surface area contributed by atoms with E-state index < -0.39 is 21.7 Å². The lowest BCUT2D eigenvalue weighted by atomic mass is 10.2. The zero-order chi connectivity index (χ0) is 21.3. The minimum Gasteiger partial charge on any atom is -0.492 e. The van der Waals surface area contributed by atoms with E-state index in [2.05, 4.69) is 5.32 Å². The Morgan fingerprint density at radius 3 is 2.62 bits per heavy atom. The van der Waals surface area contributed by atoms with Crippen LogP contribution in [-0.4, -0.2) is 39.3 Å². The van der Waals surface area contributed by atoms with E-state index in [-0.39, 0.29) is 32.8 Å². The molecule has 0 radical (unpaired) electrons. The standard InChI is InChI=1S/C19H18ClFN2O4S2/c1-4-27-14-8-6-12(10-16(14)29(25,26)23(2)3)22-19(24)18-17(20)13-7-5-11(21)9-15(13)28-18/h5-10H,4H2,1-3H3,(H,22,24). The third-order valence-corrected chi connectivity index (χ3v) is 7.55. The van der Waals surface area contributed by atoms with Gasteiger partial charge in [-0.1, -0.05) is 11.6 Å². The molecule has 3 aromatic rings. The zero-order valence-corrected chi connectivity index (χ0v) is 18.2. The fourth-order valence-corrected chi connectivity index (χ4v) is 5.12. The van der Waals surface area contributed by atoms with Crippen LogP contribution in [0.25, 0.3) is 10.1 Å². The highest BCUT2D eigenvalue weighted by Gasteiger charge is 2.24. The molecule has 0 saturated heterocycles. The molecule has 29 heavy (non-hydrogen) atoms. The predicted octanol–water partition coefficient (Wildman–Crippen LogP) is 4.60. The maximum atomic E-state index is 13.4. The van der Waals surface area contributed by atoms with Gasteiger partial charge in [-0.15, -0.1) is 11.3 Å². The van der Waals surface area contributed by atoms with Crippen LogP contribution in [0.4, 0.5) is 10.1 Å². The number of nitrogens with zero attached hydrogens (tertiary/aromatic N) is 1. The molecular formula is C19H18ClFN2O4S2. The van der Waals surface area contributed by atoms with E-state index in [1.165, 1.54) is 44.4 Å². The molecular weight excluding hydrogens is 439 g/mol. The van der Waals surface area contributed by atoms with Crippen LogP contribution in [0, 0.1) is 5.82 Å². The van der Waals surface area contributed by atoms with Crippen molar-refractivity contribution >= 4 is 54.6 Å². The number of hydrogen-bond donors (Lipinski definition) is 1. The van der Waals surface area contributed by atoms with E-state index in [1.54, 1.807) is 13.0 Å². The van der Waals surface area contributed by atoms with Gasteiger partial charge in [0, 0.05) is 29.9 Å². The molecule has 0 aliphatic rings. The Bertz CT molecular complexity index is 1190. The van der Waals surface area contributed by atoms with E-state index in [4.69, 9.17) is 16.3 Å². The summed E-state index contributed by atoms with van der Waals surface area (Å²) in [6, 6.07) is 8.45. The molecule has 1 amide bonds. The van der Waals surface area contributed by atoms with Gasteiger partial charge >= 0.3 is 0 Å². The van der Waals surface area contributed by atoms with Crippen molar-refractivity contribution in [3.63, 3.8) is 0 Å². The number of carbonyl (C=O) groups is 1. The average molecular weight is 457 g/mol.